The van der Waals surface area contributed by atoms with E-state index in [0.29, 0.717) is 19.6 Å². The molecule has 2 atom stereocenters. The number of nitrogens with zero attached hydrogens (tertiary/aromatic N) is 1. The molecule has 0 radical (unpaired) electrons. The second-order valence-electron chi connectivity index (χ2n) is 6.19. The number of rotatable bonds is 6. The molecule has 0 unspecified atom stereocenters. The Hall–Kier alpha value is -2.66. The van der Waals surface area contributed by atoms with E-state index in [2.05, 4.69) is 10.5 Å². The minimum Gasteiger partial charge on any atom is -0.481 e. The molecule has 1 aliphatic heterocycles. The molecule has 2 aromatic carbocycles. The summed E-state index contributed by atoms with van der Waals surface area (Å²) in [5.74, 6) is -1.04. The summed E-state index contributed by atoms with van der Waals surface area (Å²) in [6.07, 6.45) is 1.45. The monoisotopic (exact) mass is 338 g/mol. The molecule has 0 amide bonds. The van der Waals surface area contributed by atoms with Crippen LogP contribution >= 0.6 is 0 Å². The summed E-state index contributed by atoms with van der Waals surface area (Å²) in [6.45, 7) is 0.910. The third-order valence-corrected chi connectivity index (χ3v) is 4.39. The van der Waals surface area contributed by atoms with Crippen LogP contribution in [0.3, 0.4) is 0 Å². The van der Waals surface area contributed by atoms with Crippen molar-refractivity contribution >= 4 is 11.7 Å². The van der Waals surface area contributed by atoms with Gasteiger partial charge in [0.25, 0.3) is 0 Å². The van der Waals surface area contributed by atoms with Crippen LogP contribution in [0.25, 0.3) is 0 Å². The van der Waals surface area contributed by atoms with E-state index in [0.717, 1.165) is 23.3 Å². The average molecular weight is 338 g/mol. The lowest BCUT2D eigenvalue weighted by molar-refractivity contribution is -0.142. The second-order valence-corrected chi connectivity index (χ2v) is 6.19. The molecular weight excluding hydrogens is 316 g/mol. The number of carboxylic acid groups (broad SMARTS) is 1. The van der Waals surface area contributed by atoms with Gasteiger partial charge < -0.3 is 15.3 Å². The predicted octanol–water partition coefficient (Wildman–Crippen LogP) is 2.91. The summed E-state index contributed by atoms with van der Waals surface area (Å²) >= 11 is 0. The fraction of sp³-hybridized carbons (Fsp3) is 0.300. The van der Waals surface area contributed by atoms with Crippen molar-refractivity contribution in [3.8, 4) is 0 Å². The van der Waals surface area contributed by atoms with Crippen molar-refractivity contribution in [3.05, 3.63) is 71.8 Å². The summed E-state index contributed by atoms with van der Waals surface area (Å²) in [5, 5.41) is 16.6. The molecule has 5 heteroatoms. The number of aliphatic carboxylic acids is 1. The molecule has 5 nitrogen and oxygen atoms in total. The molecule has 0 saturated carbocycles. The van der Waals surface area contributed by atoms with Crippen molar-refractivity contribution in [2.75, 3.05) is 13.2 Å². The summed E-state index contributed by atoms with van der Waals surface area (Å²) in [7, 11) is 0. The molecule has 0 aromatic heterocycles. The van der Waals surface area contributed by atoms with Crippen LogP contribution in [-0.2, 0) is 9.63 Å². The number of piperidine rings is 1. The van der Waals surface area contributed by atoms with Gasteiger partial charge in [0.1, 0.15) is 12.3 Å². The van der Waals surface area contributed by atoms with Crippen LogP contribution in [0.2, 0.25) is 0 Å². The third kappa shape index (κ3) is 4.67. The number of hydrogen-bond acceptors (Lipinski definition) is 4. The fourth-order valence-corrected chi connectivity index (χ4v) is 2.92. The van der Waals surface area contributed by atoms with Crippen molar-refractivity contribution in [1.29, 1.82) is 0 Å². The fourth-order valence-electron chi connectivity index (χ4n) is 2.92. The first-order chi connectivity index (χ1) is 12.2. The van der Waals surface area contributed by atoms with Crippen LogP contribution in [0.15, 0.2) is 65.8 Å². The van der Waals surface area contributed by atoms with Crippen LogP contribution in [-0.4, -0.2) is 36.0 Å². The molecule has 1 aliphatic rings. The lowest BCUT2D eigenvalue weighted by Crippen LogP contribution is -2.43. The van der Waals surface area contributed by atoms with Crippen molar-refractivity contribution in [2.45, 2.75) is 18.9 Å². The maximum atomic E-state index is 11.0. The lowest BCUT2D eigenvalue weighted by Gasteiger charge is -2.26. The van der Waals surface area contributed by atoms with Gasteiger partial charge in [-0.3, -0.25) is 4.79 Å². The number of oxime groups is 1. The maximum absolute atomic E-state index is 11.0. The first-order valence-corrected chi connectivity index (χ1v) is 8.51. The van der Waals surface area contributed by atoms with E-state index in [1.165, 1.54) is 0 Å². The summed E-state index contributed by atoms with van der Waals surface area (Å²) in [4.78, 5) is 16.6. The van der Waals surface area contributed by atoms with Gasteiger partial charge in [0, 0.05) is 23.7 Å². The molecule has 2 aromatic rings. The minimum absolute atomic E-state index is 0.132. The first-order valence-electron chi connectivity index (χ1n) is 8.51. The van der Waals surface area contributed by atoms with Gasteiger partial charge in [-0.25, -0.2) is 0 Å². The Morgan fingerprint density at radius 2 is 1.64 bits per heavy atom. The number of hydrogen-bond donors (Lipinski definition) is 2. The number of benzene rings is 2. The van der Waals surface area contributed by atoms with E-state index in [1.54, 1.807) is 0 Å². The molecule has 0 spiro atoms. The Kier molecular flexibility index (Phi) is 5.80. The smallest absolute Gasteiger partial charge is 0.307 e. The summed E-state index contributed by atoms with van der Waals surface area (Å²) < 4.78 is 0. The third-order valence-electron chi connectivity index (χ3n) is 4.39. The standard InChI is InChI=1S/C20H22N2O3/c23-20(24)17-11-12-18(21-13-17)14-25-22-19(15-7-3-1-4-8-15)16-9-5-2-6-10-16/h1-10,17-18,21H,11-14H2,(H,23,24)/t17-,18+/m1/s1. The molecule has 2 N–H and O–H groups in total. The van der Waals surface area contributed by atoms with E-state index in [-0.39, 0.29) is 12.0 Å². The quantitative estimate of drug-likeness (QED) is 0.627. The van der Waals surface area contributed by atoms with Gasteiger partial charge in [-0.1, -0.05) is 65.8 Å². The van der Waals surface area contributed by atoms with Crippen LogP contribution in [0.4, 0.5) is 0 Å². The molecule has 1 heterocycles. The Labute approximate surface area is 147 Å². The van der Waals surface area contributed by atoms with Crippen LogP contribution in [0.1, 0.15) is 24.0 Å². The Morgan fingerprint density at radius 1 is 1.04 bits per heavy atom. The maximum Gasteiger partial charge on any atom is 0.307 e. The normalized spacial score (nSPS) is 19.8. The highest BCUT2D eigenvalue weighted by Gasteiger charge is 2.25. The van der Waals surface area contributed by atoms with Crippen molar-refractivity contribution < 1.29 is 14.7 Å². The van der Waals surface area contributed by atoms with Gasteiger partial charge in [-0.2, -0.15) is 0 Å². The molecule has 3 rings (SSSR count). The SMILES string of the molecule is O=C(O)[C@@H]1CC[C@@H](CON=C(c2ccccc2)c2ccccc2)NC1. The molecule has 25 heavy (non-hydrogen) atoms. The van der Waals surface area contributed by atoms with Crippen LogP contribution in [0.5, 0.6) is 0 Å². The zero-order chi connectivity index (χ0) is 17.5. The average Bonchev–Trinajstić information content (AvgIpc) is 2.67. The molecule has 130 valence electrons. The largest absolute Gasteiger partial charge is 0.481 e. The second kappa shape index (κ2) is 8.44. The Morgan fingerprint density at radius 3 is 2.12 bits per heavy atom. The van der Waals surface area contributed by atoms with E-state index < -0.39 is 5.97 Å². The number of carboxylic acids is 1. The molecule has 0 bridgehead atoms. The highest BCUT2D eigenvalue weighted by Crippen LogP contribution is 2.16. The van der Waals surface area contributed by atoms with Crippen LogP contribution < -0.4 is 5.32 Å². The van der Waals surface area contributed by atoms with E-state index in [4.69, 9.17) is 9.94 Å². The van der Waals surface area contributed by atoms with Gasteiger partial charge in [0.2, 0.25) is 0 Å². The highest BCUT2D eigenvalue weighted by molar-refractivity contribution is 6.12. The zero-order valence-corrected chi connectivity index (χ0v) is 14.0. The van der Waals surface area contributed by atoms with Gasteiger partial charge in [-0.05, 0) is 12.8 Å². The molecule has 1 fully saturated rings. The van der Waals surface area contributed by atoms with Gasteiger partial charge in [-0.15, -0.1) is 0 Å². The molecule has 0 aliphatic carbocycles. The van der Waals surface area contributed by atoms with Crippen molar-refractivity contribution in [1.82, 2.24) is 5.32 Å². The molecule has 1 saturated heterocycles. The van der Waals surface area contributed by atoms with E-state index >= 15 is 0 Å². The van der Waals surface area contributed by atoms with E-state index in [9.17, 15) is 4.79 Å². The zero-order valence-electron chi connectivity index (χ0n) is 14.0. The summed E-state index contributed by atoms with van der Waals surface area (Å²) in [6, 6.07) is 20.0. The Bertz CT molecular complexity index is 667. The van der Waals surface area contributed by atoms with Crippen LogP contribution in [0, 0.1) is 5.92 Å². The highest BCUT2D eigenvalue weighted by atomic mass is 16.6. The van der Waals surface area contributed by atoms with Crippen molar-refractivity contribution in [3.63, 3.8) is 0 Å². The Balaban J connectivity index is 1.65. The van der Waals surface area contributed by atoms with Crippen molar-refractivity contribution in [2.24, 2.45) is 11.1 Å². The minimum atomic E-state index is -0.736. The summed E-state index contributed by atoms with van der Waals surface area (Å²) in [5.41, 5.74) is 2.79. The van der Waals surface area contributed by atoms with Gasteiger partial charge in [0.05, 0.1) is 5.92 Å². The first kappa shape index (κ1) is 17.2. The lowest BCUT2D eigenvalue weighted by atomic mass is 9.95. The topological polar surface area (TPSA) is 70.9 Å². The molecular formula is C20H22N2O3. The number of nitrogens with one attached hydrogen (secondary N) is 1. The van der Waals surface area contributed by atoms with E-state index in [1.807, 2.05) is 60.7 Å². The van der Waals surface area contributed by atoms with Gasteiger partial charge in [0.15, 0.2) is 0 Å². The van der Waals surface area contributed by atoms with Gasteiger partial charge >= 0.3 is 5.97 Å². The number of carbonyl (C=O) groups is 1. The predicted molar refractivity (Wildman–Crippen MR) is 96.6 cm³/mol.